The molecule has 0 saturated heterocycles. The van der Waals surface area contributed by atoms with Crippen LogP contribution in [0.1, 0.15) is 57.2 Å². The zero-order chi connectivity index (χ0) is 30.4. The van der Waals surface area contributed by atoms with E-state index in [1.807, 2.05) is 0 Å². The highest BCUT2D eigenvalue weighted by molar-refractivity contribution is 6.11. The molecule has 0 N–H and O–H groups in total. The summed E-state index contributed by atoms with van der Waals surface area (Å²) in [7, 11) is 2.17. The Morgan fingerprint density at radius 2 is 1.41 bits per heavy atom. The Bertz CT molecular complexity index is 2240. The van der Waals surface area contributed by atoms with Gasteiger partial charge in [0.15, 0.2) is 11.0 Å². The number of aromatic nitrogens is 2. The minimum absolute atomic E-state index is 0.154. The largest absolute Gasteiger partial charge is 0.455 e. The highest BCUT2D eigenvalue weighted by Crippen LogP contribution is 2.48. The smallest absolute Gasteiger partial charge is 0.295 e. The average Bonchev–Trinajstić information content (AvgIpc) is 3.53. The van der Waals surface area contributed by atoms with Gasteiger partial charge in [0.1, 0.15) is 16.9 Å². The molecule has 218 valence electrons. The van der Waals surface area contributed by atoms with Crippen LogP contribution in [0.3, 0.4) is 0 Å². The number of hydrogen-bond acceptors (Lipinski definition) is 1. The van der Waals surface area contributed by atoms with Gasteiger partial charge in [-0.2, -0.15) is 4.57 Å². The molecular weight excluding hydrogens is 536 g/mol. The number of rotatable bonds is 3. The van der Waals surface area contributed by atoms with Crippen molar-refractivity contribution in [2.75, 3.05) is 0 Å². The van der Waals surface area contributed by atoms with Crippen LogP contribution in [0.15, 0.2) is 108 Å². The van der Waals surface area contributed by atoms with Crippen LogP contribution in [0.5, 0.6) is 0 Å². The molecule has 1 aliphatic carbocycles. The van der Waals surface area contributed by atoms with Crippen molar-refractivity contribution < 1.29 is 8.98 Å². The number of imidazole rings is 1. The van der Waals surface area contributed by atoms with Gasteiger partial charge >= 0.3 is 0 Å². The number of para-hydroxylation sites is 4. The minimum atomic E-state index is 0.154. The predicted molar refractivity (Wildman–Crippen MR) is 183 cm³/mol. The van der Waals surface area contributed by atoms with Gasteiger partial charge in [0.2, 0.25) is 0 Å². The van der Waals surface area contributed by atoms with E-state index < -0.39 is 0 Å². The fourth-order valence-corrected chi connectivity index (χ4v) is 7.62. The number of fused-ring (bicyclic) bond motifs is 5. The lowest BCUT2D eigenvalue weighted by Gasteiger charge is -2.42. The predicted octanol–water partition coefficient (Wildman–Crippen LogP) is 10.3. The molecular formula is C41H39N2O+. The fraction of sp³-hybridized carbons (Fsp3) is 0.244. The Balaban J connectivity index is 1.35. The van der Waals surface area contributed by atoms with E-state index in [0.717, 1.165) is 39.0 Å². The maximum Gasteiger partial charge on any atom is 0.295 e. The first-order valence-electron chi connectivity index (χ1n) is 15.8. The Kier molecular flexibility index (Phi) is 5.78. The van der Waals surface area contributed by atoms with E-state index in [9.17, 15) is 0 Å². The maximum absolute atomic E-state index is 6.74. The summed E-state index contributed by atoms with van der Waals surface area (Å²) >= 11 is 0. The summed E-state index contributed by atoms with van der Waals surface area (Å²) in [5.74, 6) is 1.15. The van der Waals surface area contributed by atoms with Gasteiger partial charge in [0, 0.05) is 16.3 Å². The van der Waals surface area contributed by atoms with Crippen LogP contribution in [0.25, 0.3) is 61.2 Å². The summed E-state index contributed by atoms with van der Waals surface area (Å²) in [6.45, 7) is 11.8. The van der Waals surface area contributed by atoms with Crippen LogP contribution in [0, 0.1) is 6.92 Å². The van der Waals surface area contributed by atoms with Gasteiger partial charge in [-0.1, -0.05) is 94.4 Å². The van der Waals surface area contributed by atoms with E-state index in [2.05, 4.69) is 154 Å². The Morgan fingerprint density at radius 1 is 0.682 bits per heavy atom. The first-order chi connectivity index (χ1) is 21.1. The molecule has 0 spiro atoms. The third kappa shape index (κ3) is 3.91. The van der Waals surface area contributed by atoms with Gasteiger partial charge in [0.05, 0.1) is 12.6 Å². The summed E-state index contributed by atoms with van der Waals surface area (Å²) in [6, 6.07) is 37.6. The molecule has 3 nitrogen and oxygen atoms in total. The number of hydrogen-bond donors (Lipinski definition) is 0. The van der Waals surface area contributed by atoms with Gasteiger partial charge < -0.3 is 4.42 Å². The quantitative estimate of drug-likeness (QED) is 0.192. The van der Waals surface area contributed by atoms with E-state index in [4.69, 9.17) is 4.42 Å². The van der Waals surface area contributed by atoms with Gasteiger partial charge in [-0.25, -0.2) is 4.57 Å². The Labute approximate surface area is 259 Å². The lowest BCUT2D eigenvalue weighted by atomic mass is 9.63. The maximum atomic E-state index is 6.74. The van der Waals surface area contributed by atoms with Crippen molar-refractivity contribution >= 4 is 33.0 Å². The molecule has 0 bridgehead atoms. The van der Waals surface area contributed by atoms with Crippen molar-refractivity contribution in [2.45, 2.75) is 58.3 Å². The van der Waals surface area contributed by atoms with Crippen LogP contribution >= 0.6 is 0 Å². The fourth-order valence-electron chi connectivity index (χ4n) is 7.62. The summed E-state index contributed by atoms with van der Waals surface area (Å²) in [5, 5.41) is 2.30. The molecule has 3 heteroatoms. The van der Waals surface area contributed by atoms with Crippen molar-refractivity contribution in [1.82, 2.24) is 4.57 Å². The lowest BCUT2D eigenvalue weighted by Crippen LogP contribution is -2.33. The van der Waals surface area contributed by atoms with Crippen molar-refractivity contribution in [1.29, 1.82) is 0 Å². The zero-order valence-electron chi connectivity index (χ0n) is 26.5. The van der Waals surface area contributed by atoms with E-state index in [-0.39, 0.29) is 10.8 Å². The van der Waals surface area contributed by atoms with Crippen LogP contribution in [-0.4, -0.2) is 4.57 Å². The first-order valence-corrected chi connectivity index (χ1v) is 15.8. The monoisotopic (exact) mass is 575 g/mol. The molecule has 0 fully saturated rings. The summed E-state index contributed by atoms with van der Waals surface area (Å²) in [6.07, 6.45) is 2.42. The van der Waals surface area contributed by atoms with E-state index in [1.165, 1.54) is 51.7 Å². The molecule has 0 radical (unpaired) electrons. The van der Waals surface area contributed by atoms with E-state index >= 15 is 0 Å². The normalized spacial score (nSPS) is 15.7. The Morgan fingerprint density at radius 3 is 2.20 bits per heavy atom. The van der Waals surface area contributed by atoms with Crippen LogP contribution < -0.4 is 4.57 Å². The van der Waals surface area contributed by atoms with Crippen molar-refractivity contribution in [3.63, 3.8) is 0 Å². The number of furan rings is 1. The SMILES string of the molecule is Cc1cc2oc3c(-c4ccc5c(c4)C(C)(C)CCC5(C)C)cccc3c2cc1-c1n(-c2ccccc2)c2ccccc2[n+]1C. The van der Waals surface area contributed by atoms with Gasteiger partial charge in [-0.05, 0) is 89.2 Å². The lowest BCUT2D eigenvalue weighted by molar-refractivity contribution is -0.633. The molecule has 2 aromatic heterocycles. The second-order valence-electron chi connectivity index (χ2n) is 14.0. The summed E-state index contributed by atoms with van der Waals surface area (Å²) in [5.41, 5.74) is 13.5. The molecule has 0 amide bonds. The second-order valence-corrected chi connectivity index (χ2v) is 14.0. The molecule has 1 aliphatic rings. The van der Waals surface area contributed by atoms with Crippen LogP contribution in [0.2, 0.25) is 0 Å². The number of nitrogens with zero attached hydrogens (tertiary/aromatic N) is 2. The average molecular weight is 576 g/mol. The third-order valence-electron chi connectivity index (χ3n) is 10.3. The van der Waals surface area contributed by atoms with Crippen LogP contribution in [-0.2, 0) is 17.9 Å². The Hall–Kier alpha value is -4.63. The molecule has 0 atom stereocenters. The summed E-state index contributed by atoms with van der Waals surface area (Å²) in [4.78, 5) is 0. The standard InChI is InChI=1S/C41H39N2O/c1-26-23-37-32(25-31(26)39-42(6)35-17-10-11-18-36(35)43(39)28-13-8-7-9-14-28)30-16-12-15-29(38(30)44-37)27-19-20-33-34(24-27)41(4,5)22-21-40(33,2)3/h7-20,23-25H,21-22H2,1-6H3/q+1. The highest BCUT2D eigenvalue weighted by Gasteiger charge is 2.37. The molecule has 44 heavy (non-hydrogen) atoms. The zero-order valence-corrected chi connectivity index (χ0v) is 26.5. The van der Waals surface area contributed by atoms with Crippen molar-refractivity contribution in [3.8, 4) is 28.2 Å². The topological polar surface area (TPSA) is 21.9 Å². The second kappa shape index (κ2) is 9.43. The summed E-state index contributed by atoms with van der Waals surface area (Å²) < 4.78 is 11.4. The van der Waals surface area contributed by atoms with Gasteiger partial charge in [-0.15, -0.1) is 0 Å². The minimum Gasteiger partial charge on any atom is -0.455 e. The first kappa shape index (κ1) is 27.0. The molecule has 2 heterocycles. The third-order valence-corrected chi connectivity index (χ3v) is 10.3. The van der Waals surface area contributed by atoms with Gasteiger partial charge in [-0.3, -0.25) is 0 Å². The van der Waals surface area contributed by atoms with E-state index in [0.29, 0.717) is 0 Å². The molecule has 0 aliphatic heterocycles. The molecule has 0 unspecified atom stereocenters. The number of aryl methyl sites for hydroxylation is 2. The molecule has 5 aromatic carbocycles. The van der Waals surface area contributed by atoms with Crippen molar-refractivity contribution in [2.24, 2.45) is 7.05 Å². The molecule has 8 rings (SSSR count). The van der Waals surface area contributed by atoms with E-state index in [1.54, 1.807) is 0 Å². The van der Waals surface area contributed by atoms with Crippen LogP contribution in [0.4, 0.5) is 0 Å². The highest BCUT2D eigenvalue weighted by atomic mass is 16.3. The molecule has 0 saturated carbocycles. The van der Waals surface area contributed by atoms with Gasteiger partial charge in [0.25, 0.3) is 5.82 Å². The molecule has 7 aromatic rings. The number of benzene rings is 5. The van der Waals surface area contributed by atoms with Crippen molar-refractivity contribution in [3.05, 3.63) is 120 Å².